The molecule has 0 fully saturated rings. The van der Waals surface area contributed by atoms with Gasteiger partial charge in [0.2, 0.25) is 0 Å². The first-order valence-corrected chi connectivity index (χ1v) is 10.7. The second-order valence-corrected chi connectivity index (χ2v) is 8.14. The third kappa shape index (κ3) is 7.01. The topological polar surface area (TPSA) is 52.3 Å². The molecule has 2 aromatic rings. The Kier molecular flexibility index (Phi) is 8.06. The maximum absolute atomic E-state index is 12.4. The van der Waals surface area contributed by atoms with E-state index >= 15 is 0 Å². The second kappa shape index (κ2) is 11.0. The molecule has 0 aliphatic heterocycles. The van der Waals surface area contributed by atoms with Crippen LogP contribution in [0, 0.1) is 0 Å². The maximum Gasteiger partial charge on any atom is 0.312 e. The Balaban J connectivity index is 1.55. The lowest BCUT2D eigenvalue weighted by molar-refractivity contribution is -0.139. The zero-order valence-corrected chi connectivity index (χ0v) is 17.9. The number of carbonyl (C=O) groups excluding carboxylic acids is 1. The van der Waals surface area contributed by atoms with Crippen molar-refractivity contribution in [1.82, 2.24) is 0 Å². The highest BCUT2D eigenvalue weighted by Gasteiger charge is 2.13. The van der Waals surface area contributed by atoms with Gasteiger partial charge in [0, 0.05) is 11.1 Å². The second-order valence-electron chi connectivity index (χ2n) is 7.70. The van der Waals surface area contributed by atoms with Crippen LogP contribution in [-0.2, 0) is 16.0 Å². The highest BCUT2D eigenvalue weighted by Crippen LogP contribution is 2.23. The van der Waals surface area contributed by atoms with Crippen molar-refractivity contribution in [2.75, 3.05) is 0 Å². The molecular formula is C26H28ClNO2. The number of ether oxygens (including phenoxy) is 1. The summed E-state index contributed by atoms with van der Waals surface area (Å²) in [5.41, 5.74) is 10.4. The van der Waals surface area contributed by atoms with E-state index in [4.69, 9.17) is 22.1 Å². The van der Waals surface area contributed by atoms with E-state index in [1.807, 2.05) is 66.8 Å². The first kappa shape index (κ1) is 22.1. The molecule has 0 heterocycles. The summed E-state index contributed by atoms with van der Waals surface area (Å²) < 4.78 is 5.53. The van der Waals surface area contributed by atoms with E-state index in [0.717, 1.165) is 47.9 Å². The van der Waals surface area contributed by atoms with Crippen molar-refractivity contribution in [3.63, 3.8) is 0 Å². The van der Waals surface area contributed by atoms with Crippen LogP contribution < -0.4 is 5.73 Å². The van der Waals surface area contributed by atoms with Crippen molar-refractivity contribution in [2.24, 2.45) is 5.73 Å². The number of rotatable bonds is 6. The van der Waals surface area contributed by atoms with Gasteiger partial charge >= 0.3 is 5.97 Å². The Labute approximate surface area is 183 Å². The third-order valence-electron chi connectivity index (χ3n) is 5.02. The maximum atomic E-state index is 12.4. The van der Waals surface area contributed by atoms with Gasteiger partial charge < -0.3 is 10.5 Å². The average Bonchev–Trinajstić information content (AvgIpc) is 2.80. The van der Waals surface area contributed by atoms with Crippen LogP contribution in [0.2, 0.25) is 5.02 Å². The Bertz CT molecular complexity index is 944. The molecule has 0 amide bonds. The molecule has 0 unspecified atom stereocenters. The van der Waals surface area contributed by atoms with Crippen LogP contribution in [0.25, 0.3) is 11.1 Å². The Morgan fingerprint density at radius 3 is 2.70 bits per heavy atom. The van der Waals surface area contributed by atoms with Crippen LogP contribution in [0.5, 0.6) is 0 Å². The number of hydrogen-bond acceptors (Lipinski definition) is 3. The van der Waals surface area contributed by atoms with E-state index in [1.165, 1.54) is 0 Å². The van der Waals surface area contributed by atoms with Gasteiger partial charge in [0.1, 0.15) is 5.76 Å². The smallest absolute Gasteiger partial charge is 0.312 e. The Hall–Kier alpha value is -2.62. The quantitative estimate of drug-likeness (QED) is 0.550. The van der Waals surface area contributed by atoms with Crippen molar-refractivity contribution >= 4 is 17.6 Å². The van der Waals surface area contributed by atoms with Gasteiger partial charge in [-0.05, 0) is 73.1 Å². The zero-order valence-electron chi connectivity index (χ0n) is 17.1. The van der Waals surface area contributed by atoms with E-state index in [0.29, 0.717) is 17.2 Å². The summed E-state index contributed by atoms with van der Waals surface area (Å²) in [7, 11) is 0. The summed E-state index contributed by atoms with van der Waals surface area (Å²) in [6.07, 6.45) is 10.6. The highest BCUT2D eigenvalue weighted by molar-refractivity contribution is 6.30. The molecule has 0 radical (unpaired) electrons. The summed E-state index contributed by atoms with van der Waals surface area (Å²) in [5.74, 6) is 0.228. The third-order valence-corrected chi connectivity index (χ3v) is 5.25. The predicted octanol–water partition coefficient (Wildman–Crippen LogP) is 6.38. The van der Waals surface area contributed by atoms with E-state index < -0.39 is 0 Å². The number of benzene rings is 2. The van der Waals surface area contributed by atoms with Gasteiger partial charge in [-0.15, -0.1) is 0 Å². The summed E-state index contributed by atoms with van der Waals surface area (Å²) in [6, 6.07) is 15.6. The van der Waals surface area contributed by atoms with Gasteiger partial charge in [0.15, 0.2) is 0 Å². The lowest BCUT2D eigenvalue weighted by atomic mass is 10.00. The van der Waals surface area contributed by atoms with Gasteiger partial charge in [-0.2, -0.15) is 0 Å². The van der Waals surface area contributed by atoms with Gasteiger partial charge in [-0.3, -0.25) is 4.79 Å². The summed E-state index contributed by atoms with van der Waals surface area (Å²) >= 11 is 6.07. The summed E-state index contributed by atoms with van der Waals surface area (Å²) in [6.45, 7) is 4.03. The zero-order chi connectivity index (χ0) is 21.3. The van der Waals surface area contributed by atoms with E-state index in [-0.39, 0.29) is 18.4 Å². The van der Waals surface area contributed by atoms with Crippen LogP contribution in [0.4, 0.5) is 0 Å². The minimum absolute atomic E-state index is 0.160. The van der Waals surface area contributed by atoms with Crippen LogP contribution in [0.3, 0.4) is 0 Å². The lowest BCUT2D eigenvalue weighted by Gasteiger charge is -2.12. The van der Waals surface area contributed by atoms with Crippen molar-refractivity contribution < 1.29 is 9.53 Å². The Morgan fingerprint density at radius 1 is 1.13 bits per heavy atom. The molecule has 0 spiro atoms. The number of allylic oxidation sites excluding steroid dienone is 4. The minimum atomic E-state index is -0.319. The number of carbonyl (C=O) groups is 1. The van der Waals surface area contributed by atoms with Crippen molar-refractivity contribution in [1.29, 1.82) is 0 Å². The fourth-order valence-corrected chi connectivity index (χ4v) is 3.65. The minimum Gasteiger partial charge on any atom is -0.426 e. The molecule has 2 aromatic carbocycles. The van der Waals surface area contributed by atoms with Crippen LogP contribution in [0.1, 0.15) is 37.7 Å². The molecule has 1 aliphatic carbocycles. The SMILES string of the molecule is C=C1/C=C(OC(=O)C[C@H](N)Cc2ccc(-c3cccc(Cl)c3)cc2)\C=C/CCCC1. The largest absolute Gasteiger partial charge is 0.426 e. The van der Waals surface area contributed by atoms with Crippen molar-refractivity contribution in [3.05, 3.63) is 95.3 Å². The number of hydrogen-bond donors (Lipinski definition) is 1. The van der Waals surface area contributed by atoms with Crippen molar-refractivity contribution in [2.45, 2.75) is 44.6 Å². The molecule has 0 bridgehead atoms. The fourth-order valence-electron chi connectivity index (χ4n) is 3.46. The van der Waals surface area contributed by atoms with E-state index in [2.05, 4.69) is 6.58 Å². The molecule has 2 N–H and O–H groups in total. The molecule has 0 aromatic heterocycles. The number of esters is 1. The molecule has 1 aliphatic rings. The van der Waals surface area contributed by atoms with Crippen LogP contribution in [0.15, 0.2) is 84.7 Å². The molecular weight excluding hydrogens is 394 g/mol. The first-order chi connectivity index (χ1) is 14.5. The number of nitrogens with two attached hydrogens (primary N) is 1. The lowest BCUT2D eigenvalue weighted by Crippen LogP contribution is -2.27. The molecule has 4 heteroatoms. The monoisotopic (exact) mass is 421 g/mol. The van der Waals surface area contributed by atoms with Crippen molar-refractivity contribution in [3.8, 4) is 11.1 Å². The molecule has 1 atom stereocenters. The Morgan fingerprint density at radius 2 is 1.93 bits per heavy atom. The summed E-state index contributed by atoms with van der Waals surface area (Å²) in [5, 5.41) is 0.713. The van der Waals surface area contributed by atoms with Crippen LogP contribution >= 0.6 is 11.6 Å². The molecule has 0 saturated heterocycles. The predicted molar refractivity (Wildman–Crippen MR) is 124 cm³/mol. The normalized spacial score (nSPS) is 18.3. The van der Waals surface area contributed by atoms with E-state index in [9.17, 15) is 4.79 Å². The van der Waals surface area contributed by atoms with Gasteiger partial charge in [-0.25, -0.2) is 0 Å². The number of halogens is 1. The highest BCUT2D eigenvalue weighted by atomic mass is 35.5. The van der Waals surface area contributed by atoms with Crippen LogP contribution in [-0.4, -0.2) is 12.0 Å². The molecule has 3 nitrogen and oxygen atoms in total. The molecule has 3 rings (SSSR count). The average molecular weight is 422 g/mol. The van der Waals surface area contributed by atoms with E-state index in [1.54, 1.807) is 0 Å². The van der Waals surface area contributed by atoms with Gasteiger partial charge in [0.25, 0.3) is 0 Å². The fraction of sp³-hybridized carbons (Fsp3) is 0.269. The van der Waals surface area contributed by atoms with Gasteiger partial charge in [-0.1, -0.05) is 66.2 Å². The molecule has 0 saturated carbocycles. The summed E-state index contributed by atoms with van der Waals surface area (Å²) in [4.78, 5) is 12.4. The molecule has 30 heavy (non-hydrogen) atoms. The molecule has 156 valence electrons. The van der Waals surface area contributed by atoms with Gasteiger partial charge in [0.05, 0.1) is 6.42 Å². The standard InChI is InChI=1S/C26H28ClNO2/c1-19-7-4-2-3-5-10-25(15-19)30-26(29)18-24(28)16-20-11-13-21(14-12-20)22-8-6-9-23(27)17-22/h5-6,8-15,17,24H,1-4,7,16,18,28H2/b10-5-,25-15+/t24-/m1/s1. The first-order valence-electron chi connectivity index (χ1n) is 10.4.